The largest absolute Gasteiger partial charge is 0.351 e. The first-order valence-corrected chi connectivity index (χ1v) is 6.26. The second-order valence-electron chi connectivity index (χ2n) is 5.13. The van der Waals surface area contributed by atoms with Gasteiger partial charge >= 0.3 is 0 Å². The molecular formula is C15H17NO. The fourth-order valence-corrected chi connectivity index (χ4v) is 3.44. The molecule has 0 radical (unpaired) electrons. The molecule has 3 rings (SSSR count). The molecule has 88 valence electrons. The summed E-state index contributed by atoms with van der Waals surface area (Å²) < 4.78 is 0. The molecule has 3 unspecified atom stereocenters. The summed E-state index contributed by atoms with van der Waals surface area (Å²) in [5, 5.41) is 3.00. The first-order valence-electron chi connectivity index (χ1n) is 6.26. The molecule has 1 saturated heterocycles. The van der Waals surface area contributed by atoms with Gasteiger partial charge in [0.05, 0.1) is 5.41 Å². The number of nitrogens with one attached hydrogen (secondary N) is 1. The second-order valence-corrected chi connectivity index (χ2v) is 5.13. The number of hydrogen-bond donors (Lipinski definition) is 1. The van der Waals surface area contributed by atoms with Crippen LogP contribution < -0.4 is 5.32 Å². The quantitative estimate of drug-likeness (QED) is 0.623. The van der Waals surface area contributed by atoms with Gasteiger partial charge in [-0.25, -0.2) is 0 Å². The molecule has 1 amide bonds. The molecule has 2 heteroatoms. The Balaban J connectivity index is 1.84. The monoisotopic (exact) mass is 227 g/mol. The van der Waals surface area contributed by atoms with Crippen LogP contribution in [0.25, 0.3) is 0 Å². The Labute approximate surface area is 102 Å². The molecule has 17 heavy (non-hydrogen) atoms. The minimum Gasteiger partial charge on any atom is -0.351 e. The van der Waals surface area contributed by atoms with Crippen molar-refractivity contribution in [2.24, 2.45) is 11.3 Å². The van der Waals surface area contributed by atoms with Gasteiger partial charge in [-0.3, -0.25) is 4.79 Å². The standard InChI is InChI=1S/C15H17NO/c1-2-15-12(8-9-13(15)16-14(15)17)10-11-6-4-3-5-7-11/h2-7,12-13H,1,8-10H2,(H,16,17). The highest BCUT2D eigenvalue weighted by molar-refractivity contribution is 5.93. The van der Waals surface area contributed by atoms with Gasteiger partial charge in [0.15, 0.2) is 0 Å². The van der Waals surface area contributed by atoms with E-state index in [4.69, 9.17) is 0 Å². The Morgan fingerprint density at radius 1 is 1.35 bits per heavy atom. The fraction of sp³-hybridized carbons (Fsp3) is 0.400. The Kier molecular flexibility index (Phi) is 2.32. The Morgan fingerprint density at radius 2 is 2.12 bits per heavy atom. The average molecular weight is 227 g/mol. The van der Waals surface area contributed by atoms with Crippen molar-refractivity contribution in [3.8, 4) is 0 Å². The van der Waals surface area contributed by atoms with Gasteiger partial charge in [-0.1, -0.05) is 36.4 Å². The van der Waals surface area contributed by atoms with Crippen molar-refractivity contribution in [3.05, 3.63) is 48.6 Å². The van der Waals surface area contributed by atoms with Crippen LogP contribution in [0.2, 0.25) is 0 Å². The molecule has 1 heterocycles. The molecule has 1 aromatic rings. The summed E-state index contributed by atoms with van der Waals surface area (Å²) in [6.45, 7) is 3.90. The molecule has 0 aromatic heterocycles. The van der Waals surface area contributed by atoms with Crippen LogP contribution in [-0.2, 0) is 11.2 Å². The zero-order valence-corrected chi connectivity index (χ0v) is 9.86. The summed E-state index contributed by atoms with van der Waals surface area (Å²) in [7, 11) is 0. The van der Waals surface area contributed by atoms with Gasteiger partial charge in [-0.2, -0.15) is 0 Å². The van der Waals surface area contributed by atoms with Crippen LogP contribution in [0.4, 0.5) is 0 Å². The molecule has 1 aromatic carbocycles. The lowest BCUT2D eigenvalue weighted by atomic mass is 9.67. The zero-order valence-electron chi connectivity index (χ0n) is 9.86. The molecule has 0 spiro atoms. The summed E-state index contributed by atoms with van der Waals surface area (Å²) in [5.74, 6) is 0.595. The van der Waals surface area contributed by atoms with Gasteiger partial charge in [0.25, 0.3) is 0 Å². The lowest BCUT2D eigenvalue weighted by molar-refractivity contribution is -0.142. The van der Waals surface area contributed by atoms with Crippen molar-refractivity contribution in [2.75, 3.05) is 0 Å². The highest BCUT2D eigenvalue weighted by Gasteiger charge is 2.60. The topological polar surface area (TPSA) is 29.1 Å². The van der Waals surface area contributed by atoms with E-state index in [-0.39, 0.29) is 11.3 Å². The summed E-state index contributed by atoms with van der Waals surface area (Å²) in [5.41, 5.74) is 1.04. The summed E-state index contributed by atoms with van der Waals surface area (Å²) in [6, 6.07) is 10.8. The van der Waals surface area contributed by atoms with Crippen LogP contribution >= 0.6 is 0 Å². The lowest BCUT2D eigenvalue weighted by Gasteiger charge is -2.45. The molecule has 1 aliphatic heterocycles. The van der Waals surface area contributed by atoms with Gasteiger partial charge in [0.1, 0.15) is 0 Å². The smallest absolute Gasteiger partial charge is 0.232 e. The van der Waals surface area contributed by atoms with Gasteiger partial charge in [-0.15, -0.1) is 6.58 Å². The number of rotatable bonds is 3. The Hall–Kier alpha value is -1.57. The lowest BCUT2D eigenvalue weighted by Crippen LogP contribution is -2.65. The van der Waals surface area contributed by atoms with E-state index in [0.717, 1.165) is 19.3 Å². The van der Waals surface area contributed by atoms with E-state index in [1.807, 2.05) is 12.1 Å². The van der Waals surface area contributed by atoms with Gasteiger partial charge in [-0.05, 0) is 30.7 Å². The number of amides is 1. The highest BCUT2D eigenvalue weighted by atomic mass is 16.2. The average Bonchev–Trinajstić information content (AvgIpc) is 2.63. The van der Waals surface area contributed by atoms with Crippen LogP contribution in [0.1, 0.15) is 18.4 Å². The molecule has 1 aliphatic carbocycles. The predicted molar refractivity (Wildman–Crippen MR) is 67.4 cm³/mol. The van der Waals surface area contributed by atoms with Crippen LogP contribution in [0.5, 0.6) is 0 Å². The molecule has 2 aliphatic rings. The van der Waals surface area contributed by atoms with E-state index in [1.54, 1.807) is 0 Å². The van der Waals surface area contributed by atoms with Crippen molar-refractivity contribution in [3.63, 3.8) is 0 Å². The maximum atomic E-state index is 11.9. The van der Waals surface area contributed by atoms with Crippen molar-refractivity contribution >= 4 is 5.91 Å². The Bertz CT molecular complexity index is 453. The molecule has 2 fully saturated rings. The van der Waals surface area contributed by atoms with E-state index >= 15 is 0 Å². The van der Waals surface area contributed by atoms with Crippen molar-refractivity contribution in [1.82, 2.24) is 5.32 Å². The first kappa shape index (κ1) is 10.6. The third kappa shape index (κ3) is 1.36. The molecule has 3 atom stereocenters. The predicted octanol–water partition coefficient (Wildman–Crippen LogP) is 2.31. The summed E-state index contributed by atoms with van der Waals surface area (Å²) in [6.07, 6.45) is 5.08. The normalized spacial score (nSPS) is 34.7. The fourth-order valence-electron chi connectivity index (χ4n) is 3.44. The van der Waals surface area contributed by atoms with Gasteiger partial charge in [0, 0.05) is 6.04 Å². The number of hydrogen-bond acceptors (Lipinski definition) is 1. The van der Waals surface area contributed by atoms with E-state index in [2.05, 4.69) is 36.2 Å². The van der Waals surface area contributed by atoms with Gasteiger partial charge < -0.3 is 5.32 Å². The number of fused-ring (bicyclic) bond motifs is 1. The van der Waals surface area contributed by atoms with Gasteiger partial charge in [0.2, 0.25) is 5.91 Å². The number of benzene rings is 1. The van der Waals surface area contributed by atoms with Crippen molar-refractivity contribution in [2.45, 2.75) is 25.3 Å². The molecule has 1 N–H and O–H groups in total. The SMILES string of the molecule is C=CC12C(=O)NC1CCC2Cc1ccccc1. The van der Waals surface area contributed by atoms with E-state index in [9.17, 15) is 4.79 Å². The van der Waals surface area contributed by atoms with E-state index in [0.29, 0.717) is 12.0 Å². The van der Waals surface area contributed by atoms with Crippen LogP contribution in [0.15, 0.2) is 43.0 Å². The van der Waals surface area contributed by atoms with Crippen LogP contribution in [0.3, 0.4) is 0 Å². The maximum Gasteiger partial charge on any atom is 0.232 e. The third-order valence-corrected chi connectivity index (χ3v) is 4.42. The molecule has 1 saturated carbocycles. The highest BCUT2D eigenvalue weighted by Crippen LogP contribution is 2.51. The summed E-state index contributed by atoms with van der Waals surface area (Å²) in [4.78, 5) is 11.9. The minimum atomic E-state index is -0.282. The first-order chi connectivity index (χ1) is 8.27. The van der Waals surface area contributed by atoms with Crippen LogP contribution in [-0.4, -0.2) is 11.9 Å². The third-order valence-electron chi connectivity index (χ3n) is 4.42. The molecule has 0 bridgehead atoms. The zero-order chi connectivity index (χ0) is 11.9. The van der Waals surface area contributed by atoms with E-state index in [1.165, 1.54) is 5.56 Å². The summed E-state index contributed by atoms with van der Waals surface area (Å²) >= 11 is 0. The Morgan fingerprint density at radius 3 is 2.76 bits per heavy atom. The number of β-lactam (4-membered cyclic amide) rings is 1. The number of carbonyl (C=O) groups is 1. The van der Waals surface area contributed by atoms with Crippen LogP contribution in [0, 0.1) is 11.3 Å². The maximum absolute atomic E-state index is 11.9. The second kappa shape index (κ2) is 3.73. The van der Waals surface area contributed by atoms with E-state index < -0.39 is 0 Å². The number of carbonyl (C=O) groups excluding carboxylic acids is 1. The molecule has 2 nitrogen and oxygen atoms in total. The minimum absolute atomic E-state index is 0.177. The van der Waals surface area contributed by atoms with Crippen molar-refractivity contribution in [1.29, 1.82) is 0 Å². The molecular weight excluding hydrogens is 210 g/mol. The van der Waals surface area contributed by atoms with Crippen molar-refractivity contribution < 1.29 is 4.79 Å².